The number of methoxy groups -OCH3 is 3. The monoisotopic (exact) mass is 649 g/mol. The Morgan fingerprint density at radius 2 is 1.54 bits per heavy atom. The van der Waals surface area contributed by atoms with E-state index < -0.39 is 28.0 Å². The molecular formula is C35H39NO9S. The molecule has 4 aromatic carbocycles. The van der Waals surface area contributed by atoms with E-state index in [0.717, 1.165) is 46.1 Å². The molecule has 0 bridgehead atoms. The van der Waals surface area contributed by atoms with Crippen LogP contribution < -0.4 is 14.2 Å². The number of benzene rings is 4. The Labute approximate surface area is 269 Å². The molecule has 0 fully saturated rings. The van der Waals surface area contributed by atoms with Gasteiger partial charge in [0.2, 0.25) is 10.0 Å². The normalized spacial score (nSPS) is 12.0. The molecule has 4 aromatic rings. The predicted molar refractivity (Wildman–Crippen MR) is 173 cm³/mol. The predicted octanol–water partition coefficient (Wildman–Crippen LogP) is 5.20. The quantitative estimate of drug-likeness (QED) is 0.121. The Morgan fingerprint density at radius 3 is 2.24 bits per heavy atom. The second-order valence-corrected chi connectivity index (χ2v) is 12.2. The van der Waals surface area contributed by atoms with E-state index in [1.807, 2.05) is 60.7 Å². The summed E-state index contributed by atoms with van der Waals surface area (Å²) in [6.07, 6.45) is 0.957. The van der Waals surface area contributed by atoms with Gasteiger partial charge in [0, 0.05) is 23.6 Å². The van der Waals surface area contributed by atoms with Crippen molar-refractivity contribution in [3.8, 4) is 11.5 Å². The van der Waals surface area contributed by atoms with Crippen LogP contribution in [0.4, 0.5) is 0 Å². The molecule has 0 radical (unpaired) electrons. The van der Waals surface area contributed by atoms with Gasteiger partial charge in [-0.1, -0.05) is 60.7 Å². The van der Waals surface area contributed by atoms with Crippen LogP contribution in [0.1, 0.15) is 36.0 Å². The topological polar surface area (TPSA) is 126 Å². The molecule has 0 saturated carbocycles. The molecule has 244 valence electrons. The molecule has 1 unspecified atom stereocenters. The van der Waals surface area contributed by atoms with E-state index in [0.29, 0.717) is 32.7 Å². The average molecular weight is 650 g/mol. The summed E-state index contributed by atoms with van der Waals surface area (Å²) in [6, 6.07) is 24.9. The van der Waals surface area contributed by atoms with Crippen molar-refractivity contribution in [2.75, 3.05) is 34.5 Å². The molecule has 1 N–H and O–H groups in total. The standard InChI is InChI=1S/C35H39NO9S/c1-41-31-19-15-27(34-29(31)11-7-12-32(34)45-22-8-21-44-24-26-9-5-4-6-10-26)23-25-13-16-28(17-14-25)46(39,40)36-30(35(38)43-3)18-20-33(37)42-2/h4-7,9-17,19,30,36H,8,18,20-24H2,1-3H3. The Morgan fingerprint density at radius 1 is 0.783 bits per heavy atom. The molecule has 0 aliphatic rings. The van der Waals surface area contributed by atoms with Crippen LogP contribution in [0.2, 0.25) is 0 Å². The van der Waals surface area contributed by atoms with Gasteiger partial charge in [-0.25, -0.2) is 8.42 Å². The van der Waals surface area contributed by atoms with Gasteiger partial charge in [0.25, 0.3) is 0 Å². The van der Waals surface area contributed by atoms with E-state index in [1.54, 1.807) is 19.2 Å². The van der Waals surface area contributed by atoms with Gasteiger partial charge in [0.1, 0.15) is 17.5 Å². The third-order valence-electron chi connectivity index (χ3n) is 7.35. The molecule has 0 heterocycles. The Hall–Kier alpha value is -4.45. The first-order valence-electron chi connectivity index (χ1n) is 14.8. The van der Waals surface area contributed by atoms with E-state index >= 15 is 0 Å². The summed E-state index contributed by atoms with van der Waals surface area (Å²) < 4.78 is 55.5. The van der Waals surface area contributed by atoms with Gasteiger partial charge in [0.15, 0.2) is 0 Å². The lowest BCUT2D eigenvalue weighted by atomic mass is 9.97. The zero-order chi connectivity index (χ0) is 32.9. The first-order chi connectivity index (χ1) is 22.2. The van der Waals surface area contributed by atoms with Crippen LogP contribution in [0.15, 0.2) is 89.8 Å². The van der Waals surface area contributed by atoms with E-state index in [4.69, 9.17) is 18.9 Å². The molecular weight excluding hydrogens is 610 g/mol. The van der Waals surface area contributed by atoms with Crippen molar-refractivity contribution in [1.29, 1.82) is 0 Å². The molecule has 11 heteroatoms. The lowest BCUT2D eigenvalue weighted by Gasteiger charge is -2.17. The molecule has 1 atom stereocenters. The zero-order valence-corrected chi connectivity index (χ0v) is 27.0. The third kappa shape index (κ3) is 9.29. The van der Waals surface area contributed by atoms with Crippen molar-refractivity contribution in [3.63, 3.8) is 0 Å². The number of carbonyl (C=O) groups is 2. The minimum Gasteiger partial charge on any atom is -0.496 e. The molecule has 0 amide bonds. The summed E-state index contributed by atoms with van der Waals surface area (Å²) in [5.74, 6) is 0.0760. The summed E-state index contributed by atoms with van der Waals surface area (Å²) in [5.41, 5.74) is 2.97. The fraction of sp³-hybridized carbons (Fsp3) is 0.314. The summed E-state index contributed by atoms with van der Waals surface area (Å²) in [7, 11) is -0.100. The van der Waals surface area contributed by atoms with Gasteiger partial charge >= 0.3 is 11.9 Å². The summed E-state index contributed by atoms with van der Waals surface area (Å²) >= 11 is 0. The van der Waals surface area contributed by atoms with Gasteiger partial charge in [0.05, 0.1) is 46.0 Å². The second kappa shape index (κ2) is 16.7. The number of fused-ring (bicyclic) bond motifs is 1. The molecule has 0 aromatic heterocycles. The Bertz CT molecular complexity index is 1710. The fourth-order valence-electron chi connectivity index (χ4n) is 4.96. The van der Waals surface area contributed by atoms with Crippen LogP contribution in [-0.2, 0) is 46.9 Å². The van der Waals surface area contributed by atoms with E-state index in [1.165, 1.54) is 19.2 Å². The van der Waals surface area contributed by atoms with Gasteiger partial charge in [-0.3, -0.25) is 9.59 Å². The maximum atomic E-state index is 13.1. The molecule has 0 aliphatic heterocycles. The van der Waals surface area contributed by atoms with Gasteiger partial charge in [-0.2, -0.15) is 4.72 Å². The molecule has 10 nitrogen and oxygen atoms in total. The highest BCUT2D eigenvalue weighted by Gasteiger charge is 2.27. The van der Waals surface area contributed by atoms with Crippen molar-refractivity contribution in [2.24, 2.45) is 0 Å². The van der Waals surface area contributed by atoms with Crippen LogP contribution in [0, 0.1) is 0 Å². The Balaban J connectivity index is 1.46. The summed E-state index contributed by atoms with van der Waals surface area (Å²) in [5, 5.41) is 1.82. The first-order valence-corrected chi connectivity index (χ1v) is 16.3. The second-order valence-electron chi connectivity index (χ2n) is 10.5. The van der Waals surface area contributed by atoms with Crippen molar-refractivity contribution >= 4 is 32.7 Å². The van der Waals surface area contributed by atoms with Gasteiger partial charge < -0.3 is 23.7 Å². The van der Waals surface area contributed by atoms with E-state index in [9.17, 15) is 18.0 Å². The lowest BCUT2D eigenvalue weighted by Crippen LogP contribution is -2.41. The third-order valence-corrected chi connectivity index (χ3v) is 8.83. The van der Waals surface area contributed by atoms with Crippen molar-refractivity contribution < 1.29 is 41.7 Å². The highest BCUT2D eigenvalue weighted by Crippen LogP contribution is 2.36. The zero-order valence-electron chi connectivity index (χ0n) is 26.2. The van der Waals surface area contributed by atoms with Crippen molar-refractivity contribution in [3.05, 3.63) is 102 Å². The summed E-state index contributed by atoms with van der Waals surface area (Å²) in [4.78, 5) is 23.7. The molecule has 0 spiro atoms. The van der Waals surface area contributed by atoms with Gasteiger partial charge in [-0.15, -0.1) is 0 Å². The first kappa shape index (κ1) is 34.4. The number of carbonyl (C=O) groups excluding carboxylic acids is 2. The largest absolute Gasteiger partial charge is 0.496 e. The van der Waals surface area contributed by atoms with Crippen molar-refractivity contribution in [1.82, 2.24) is 4.72 Å². The number of hydrogen-bond acceptors (Lipinski definition) is 9. The van der Waals surface area contributed by atoms with Crippen LogP contribution in [0.5, 0.6) is 11.5 Å². The highest BCUT2D eigenvalue weighted by atomic mass is 32.2. The lowest BCUT2D eigenvalue weighted by molar-refractivity contribution is -0.144. The number of sulfonamides is 1. The number of ether oxygens (including phenoxy) is 5. The minimum atomic E-state index is -4.09. The average Bonchev–Trinajstić information content (AvgIpc) is 3.08. The number of rotatable bonds is 17. The smallest absolute Gasteiger partial charge is 0.323 e. The van der Waals surface area contributed by atoms with Crippen LogP contribution in [0.25, 0.3) is 10.8 Å². The maximum Gasteiger partial charge on any atom is 0.323 e. The molecule has 0 aliphatic carbocycles. The van der Waals surface area contributed by atoms with Crippen LogP contribution >= 0.6 is 0 Å². The van der Waals surface area contributed by atoms with Crippen LogP contribution in [0.3, 0.4) is 0 Å². The molecule has 4 rings (SSSR count). The van der Waals surface area contributed by atoms with E-state index in [2.05, 4.69) is 9.46 Å². The van der Waals surface area contributed by atoms with Crippen LogP contribution in [-0.4, -0.2) is 60.9 Å². The van der Waals surface area contributed by atoms with E-state index in [-0.39, 0.29) is 17.7 Å². The van der Waals surface area contributed by atoms with Crippen molar-refractivity contribution in [2.45, 2.75) is 43.2 Å². The number of nitrogens with one attached hydrogen (secondary N) is 1. The minimum absolute atomic E-state index is 0.0266. The number of hydrogen-bond donors (Lipinski definition) is 1. The summed E-state index contributed by atoms with van der Waals surface area (Å²) in [6.45, 7) is 1.58. The SMILES string of the molecule is COC(=O)CCC(NS(=O)(=O)c1ccc(Cc2ccc(OC)c3cccc(OCCCOCc4ccccc4)c23)cc1)C(=O)OC. The highest BCUT2D eigenvalue weighted by molar-refractivity contribution is 7.89. The number of esters is 2. The fourth-order valence-corrected chi connectivity index (χ4v) is 6.18. The van der Waals surface area contributed by atoms with Gasteiger partial charge in [-0.05, 0) is 53.8 Å². The Kier molecular flexibility index (Phi) is 12.5. The maximum absolute atomic E-state index is 13.1. The molecule has 46 heavy (non-hydrogen) atoms. The molecule has 0 saturated heterocycles.